The van der Waals surface area contributed by atoms with E-state index in [1.165, 1.54) is 34.6 Å². The SMILES string of the molecule is COc1ccc(CNC(=O)c2ccc3c(c2)C(=O)/C(=C/c2cccc(F)c2)S(=O)N3C)cc1. The quantitative estimate of drug-likeness (QED) is 0.577. The number of ketones is 1. The van der Waals surface area contributed by atoms with E-state index in [2.05, 4.69) is 5.32 Å². The molecular weight excluding hydrogens is 443 g/mol. The van der Waals surface area contributed by atoms with E-state index in [0.717, 1.165) is 11.3 Å². The third kappa shape index (κ3) is 4.70. The van der Waals surface area contributed by atoms with Crippen LogP contribution in [0.4, 0.5) is 10.1 Å². The molecular formula is C25H21FN2O4S. The highest BCUT2D eigenvalue weighted by Crippen LogP contribution is 2.33. The number of anilines is 1. The lowest BCUT2D eigenvalue weighted by molar-refractivity contribution is 0.0951. The second kappa shape index (κ2) is 9.38. The van der Waals surface area contributed by atoms with Crippen LogP contribution in [0, 0.1) is 5.82 Å². The number of Topliss-reactive ketones (excluding diaryl/α,β-unsaturated/α-hetero) is 1. The fraction of sp³-hybridized carbons (Fsp3) is 0.120. The number of nitrogens with one attached hydrogen (secondary N) is 1. The van der Waals surface area contributed by atoms with E-state index < -0.39 is 22.6 Å². The first-order valence-corrected chi connectivity index (χ1v) is 11.2. The fourth-order valence-corrected chi connectivity index (χ4v) is 4.61. The van der Waals surface area contributed by atoms with Gasteiger partial charge in [-0.25, -0.2) is 8.60 Å². The normalized spacial score (nSPS) is 16.5. The highest BCUT2D eigenvalue weighted by atomic mass is 32.2. The molecule has 1 unspecified atom stereocenters. The van der Waals surface area contributed by atoms with Crippen molar-refractivity contribution in [3.8, 4) is 5.75 Å². The van der Waals surface area contributed by atoms with Crippen molar-refractivity contribution in [2.45, 2.75) is 6.54 Å². The van der Waals surface area contributed by atoms with Gasteiger partial charge in [-0.3, -0.25) is 13.9 Å². The highest BCUT2D eigenvalue weighted by molar-refractivity contribution is 7.91. The minimum atomic E-state index is -1.76. The van der Waals surface area contributed by atoms with E-state index >= 15 is 0 Å². The smallest absolute Gasteiger partial charge is 0.251 e. The maximum absolute atomic E-state index is 13.6. The Balaban J connectivity index is 1.59. The molecule has 6 nitrogen and oxygen atoms in total. The monoisotopic (exact) mass is 464 g/mol. The molecule has 1 N–H and O–H groups in total. The molecule has 0 saturated carbocycles. The third-order valence-corrected chi connectivity index (χ3v) is 6.64. The molecule has 1 amide bonds. The van der Waals surface area contributed by atoms with E-state index in [1.807, 2.05) is 24.3 Å². The summed E-state index contributed by atoms with van der Waals surface area (Å²) in [7, 11) is 1.43. The largest absolute Gasteiger partial charge is 0.497 e. The van der Waals surface area contributed by atoms with Crippen LogP contribution >= 0.6 is 0 Å². The summed E-state index contributed by atoms with van der Waals surface area (Å²) in [6.45, 7) is 0.308. The lowest BCUT2D eigenvalue weighted by atomic mass is 10.0. The number of carbonyl (C=O) groups excluding carboxylic acids is 2. The van der Waals surface area contributed by atoms with Crippen molar-refractivity contribution in [3.63, 3.8) is 0 Å². The van der Waals surface area contributed by atoms with Crippen molar-refractivity contribution < 1.29 is 22.9 Å². The van der Waals surface area contributed by atoms with Gasteiger partial charge in [0.05, 0.1) is 12.8 Å². The van der Waals surface area contributed by atoms with Gasteiger partial charge in [0.25, 0.3) is 5.91 Å². The van der Waals surface area contributed by atoms with Crippen molar-refractivity contribution in [3.05, 3.63) is 99.7 Å². The molecule has 33 heavy (non-hydrogen) atoms. The van der Waals surface area contributed by atoms with Crippen LogP contribution in [-0.2, 0) is 17.5 Å². The topological polar surface area (TPSA) is 75.7 Å². The predicted molar refractivity (Wildman–Crippen MR) is 126 cm³/mol. The van der Waals surface area contributed by atoms with Crippen LogP contribution in [0.5, 0.6) is 5.75 Å². The number of halogens is 1. The molecule has 1 atom stereocenters. The van der Waals surface area contributed by atoms with E-state index in [-0.39, 0.29) is 16.4 Å². The number of ether oxygens (including phenoxy) is 1. The summed E-state index contributed by atoms with van der Waals surface area (Å²) in [5.41, 5.74) is 2.35. The summed E-state index contributed by atoms with van der Waals surface area (Å²) in [5.74, 6) is -0.535. The summed E-state index contributed by atoms with van der Waals surface area (Å²) in [5, 5.41) is 2.83. The van der Waals surface area contributed by atoms with Gasteiger partial charge in [0.15, 0.2) is 11.0 Å². The van der Waals surface area contributed by atoms with Crippen molar-refractivity contribution in [2.75, 3.05) is 18.5 Å². The number of benzene rings is 3. The van der Waals surface area contributed by atoms with Crippen molar-refractivity contribution in [1.29, 1.82) is 0 Å². The Morgan fingerprint density at radius 1 is 1.12 bits per heavy atom. The van der Waals surface area contributed by atoms with Crippen LogP contribution in [0.1, 0.15) is 31.8 Å². The number of methoxy groups -OCH3 is 1. The molecule has 3 aromatic carbocycles. The number of amides is 1. The number of nitrogens with zero attached hydrogens (tertiary/aromatic N) is 1. The van der Waals surface area contributed by atoms with Gasteiger partial charge < -0.3 is 10.1 Å². The molecule has 168 valence electrons. The van der Waals surface area contributed by atoms with Crippen LogP contribution in [0.3, 0.4) is 0 Å². The summed E-state index contributed by atoms with van der Waals surface area (Å²) in [6, 6.07) is 17.7. The number of fused-ring (bicyclic) bond motifs is 1. The highest BCUT2D eigenvalue weighted by Gasteiger charge is 2.32. The van der Waals surface area contributed by atoms with Crippen LogP contribution in [-0.4, -0.2) is 30.1 Å². The molecule has 0 bridgehead atoms. The van der Waals surface area contributed by atoms with E-state index in [1.54, 1.807) is 32.4 Å². The number of hydrogen-bond donors (Lipinski definition) is 1. The van der Waals surface area contributed by atoms with Crippen molar-refractivity contribution >= 4 is 34.4 Å². The number of hydrogen-bond acceptors (Lipinski definition) is 4. The van der Waals surface area contributed by atoms with E-state index in [4.69, 9.17) is 4.74 Å². The molecule has 1 aliphatic rings. The maximum Gasteiger partial charge on any atom is 0.251 e. The zero-order chi connectivity index (χ0) is 23.5. The van der Waals surface area contributed by atoms with Crippen LogP contribution in [0.2, 0.25) is 0 Å². The summed E-state index contributed by atoms with van der Waals surface area (Å²) in [6.07, 6.45) is 1.41. The Hall–Kier alpha value is -3.78. The average Bonchev–Trinajstić information content (AvgIpc) is 2.83. The number of carbonyl (C=O) groups is 2. The minimum absolute atomic E-state index is 0.0198. The number of allylic oxidation sites excluding steroid dienone is 1. The lowest BCUT2D eigenvalue weighted by Gasteiger charge is -2.27. The molecule has 8 heteroatoms. The van der Waals surface area contributed by atoms with Crippen molar-refractivity contribution in [2.24, 2.45) is 0 Å². The van der Waals surface area contributed by atoms with Crippen molar-refractivity contribution in [1.82, 2.24) is 5.32 Å². The predicted octanol–water partition coefficient (Wildman–Crippen LogP) is 4.10. The van der Waals surface area contributed by atoms with Gasteiger partial charge in [-0.15, -0.1) is 0 Å². The molecule has 4 rings (SSSR count). The van der Waals surface area contributed by atoms with Gasteiger partial charge in [0.1, 0.15) is 16.5 Å². The summed E-state index contributed by atoms with van der Waals surface area (Å²) in [4.78, 5) is 25.9. The first-order valence-electron chi connectivity index (χ1n) is 10.1. The Bertz CT molecular complexity index is 1290. The fourth-order valence-electron chi connectivity index (χ4n) is 3.47. The zero-order valence-electron chi connectivity index (χ0n) is 18.0. The Labute approximate surface area is 193 Å². The molecule has 1 aliphatic heterocycles. The first-order chi connectivity index (χ1) is 15.9. The molecule has 0 fully saturated rings. The molecule has 0 spiro atoms. The molecule has 0 saturated heterocycles. The van der Waals surface area contributed by atoms with E-state index in [9.17, 15) is 18.2 Å². The van der Waals surface area contributed by atoms with Gasteiger partial charge in [-0.2, -0.15) is 0 Å². The van der Waals surface area contributed by atoms with Gasteiger partial charge in [0, 0.05) is 24.7 Å². The van der Waals surface area contributed by atoms with Gasteiger partial charge in [0.2, 0.25) is 5.78 Å². The second-order valence-electron chi connectivity index (χ2n) is 7.40. The maximum atomic E-state index is 13.6. The molecule has 0 aliphatic carbocycles. The second-order valence-corrected chi connectivity index (χ2v) is 8.89. The van der Waals surface area contributed by atoms with Gasteiger partial charge in [-0.05, 0) is 59.7 Å². The Kier molecular flexibility index (Phi) is 6.37. The molecule has 0 aromatic heterocycles. The molecule has 0 radical (unpaired) electrons. The summed E-state index contributed by atoms with van der Waals surface area (Å²) < 4.78 is 33.0. The van der Waals surface area contributed by atoms with Crippen LogP contribution in [0.25, 0.3) is 6.08 Å². The van der Waals surface area contributed by atoms with Gasteiger partial charge in [-0.1, -0.05) is 24.3 Å². The minimum Gasteiger partial charge on any atom is -0.497 e. The Morgan fingerprint density at radius 3 is 2.58 bits per heavy atom. The Morgan fingerprint density at radius 2 is 1.88 bits per heavy atom. The zero-order valence-corrected chi connectivity index (χ0v) is 18.8. The molecule has 1 heterocycles. The summed E-state index contributed by atoms with van der Waals surface area (Å²) >= 11 is 0. The van der Waals surface area contributed by atoms with Gasteiger partial charge >= 0.3 is 0 Å². The average molecular weight is 465 g/mol. The first kappa shape index (κ1) is 22.4. The number of rotatable bonds is 5. The van der Waals surface area contributed by atoms with Crippen LogP contribution < -0.4 is 14.4 Å². The standard InChI is InChI=1S/C25H21FN2O4S/c1-28-22-11-8-18(25(30)27-15-16-6-9-20(32-2)10-7-16)14-21(22)24(29)23(33(28)31)13-17-4-3-5-19(26)12-17/h3-14H,15H2,1-2H3,(H,27,30)/b23-13-. The third-order valence-electron chi connectivity index (χ3n) is 5.26. The van der Waals surface area contributed by atoms with E-state index in [0.29, 0.717) is 23.4 Å². The van der Waals surface area contributed by atoms with Crippen LogP contribution in [0.15, 0.2) is 71.6 Å². The molecule has 3 aromatic rings. The lowest BCUT2D eigenvalue weighted by Crippen LogP contribution is -2.32.